The summed E-state index contributed by atoms with van der Waals surface area (Å²) in [5, 5.41) is 5.72. The number of nitrogens with zero attached hydrogens (tertiary/aromatic N) is 3. The number of likely N-dealkylation sites (N-methyl/N-ethyl adjacent to an activating group) is 1. The summed E-state index contributed by atoms with van der Waals surface area (Å²) in [5.74, 6) is -0.463. The van der Waals surface area contributed by atoms with Crippen molar-refractivity contribution in [2.45, 2.75) is 39.8 Å². The van der Waals surface area contributed by atoms with Crippen LogP contribution < -0.4 is 5.32 Å². The van der Waals surface area contributed by atoms with Crippen LogP contribution in [0, 0.1) is 13.8 Å². The number of aryl methyl sites for hydroxylation is 2. The monoisotopic (exact) mass is 518 g/mol. The molecule has 37 heavy (non-hydrogen) atoms. The average Bonchev–Trinajstić information content (AvgIpc) is 3.24. The highest BCUT2D eigenvalue weighted by atomic mass is 32.2. The molecule has 1 atom stereocenters. The molecule has 2 aromatic carbocycles. The van der Waals surface area contributed by atoms with Crippen molar-refractivity contribution in [3.05, 3.63) is 93.2 Å². The van der Waals surface area contributed by atoms with Gasteiger partial charge in [-0.2, -0.15) is 0 Å². The minimum absolute atomic E-state index is 0.0613. The fraction of sp³-hybridized carbons (Fsp3) is 0.345. The summed E-state index contributed by atoms with van der Waals surface area (Å²) in [7, 11) is 3.95. The van der Waals surface area contributed by atoms with Crippen LogP contribution in [0.15, 0.2) is 75.9 Å². The number of hydrogen-bond donors (Lipinski definition) is 1. The molecule has 0 bridgehead atoms. The lowest BCUT2D eigenvalue weighted by Crippen LogP contribution is -2.39. The zero-order chi connectivity index (χ0) is 26.5. The average molecular weight is 519 g/mol. The number of esters is 1. The van der Waals surface area contributed by atoms with Crippen molar-refractivity contribution in [3.63, 3.8) is 0 Å². The Hall–Kier alpha value is -3.36. The van der Waals surface area contributed by atoms with E-state index in [4.69, 9.17) is 9.73 Å². The molecule has 1 N–H and O–H groups in total. The lowest BCUT2D eigenvalue weighted by atomic mass is 9.90. The number of aliphatic imine (C=N–C) groups is 1. The second kappa shape index (κ2) is 11.8. The minimum atomic E-state index is -0.438. The van der Waals surface area contributed by atoms with Gasteiger partial charge in [0, 0.05) is 18.8 Å². The summed E-state index contributed by atoms with van der Waals surface area (Å²) in [4.78, 5) is 35.2. The van der Waals surface area contributed by atoms with Crippen molar-refractivity contribution in [1.29, 1.82) is 0 Å². The van der Waals surface area contributed by atoms with E-state index in [0.29, 0.717) is 17.8 Å². The highest BCUT2D eigenvalue weighted by Crippen LogP contribution is 2.45. The van der Waals surface area contributed by atoms with Crippen LogP contribution in [0.2, 0.25) is 0 Å². The maximum absolute atomic E-state index is 13.6. The molecule has 2 heterocycles. The van der Waals surface area contributed by atoms with Gasteiger partial charge in [0.05, 0.1) is 23.7 Å². The van der Waals surface area contributed by atoms with Gasteiger partial charge < -0.3 is 19.9 Å². The van der Waals surface area contributed by atoms with Gasteiger partial charge in [-0.3, -0.25) is 4.79 Å². The van der Waals surface area contributed by atoms with Crippen LogP contribution >= 0.6 is 11.8 Å². The number of amidine groups is 1. The summed E-state index contributed by atoms with van der Waals surface area (Å²) in [5.41, 5.74) is 6.07. The fourth-order valence-corrected chi connectivity index (χ4v) is 5.47. The number of hydrogen-bond acceptors (Lipinski definition) is 7. The first-order valence-corrected chi connectivity index (χ1v) is 13.3. The van der Waals surface area contributed by atoms with E-state index < -0.39 is 12.0 Å². The first kappa shape index (κ1) is 26.7. The number of amides is 1. The summed E-state index contributed by atoms with van der Waals surface area (Å²) in [6.45, 7) is 7.47. The summed E-state index contributed by atoms with van der Waals surface area (Å²) in [6, 6.07) is 15.4. The largest absolute Gasteiger partial charge is 0.457 e. The molecule has 7 nitrogen and oxygen atoms in total. The number of ether oxygens (including phenoxy) is 1. The summed E-state index contributed by atoms with van der Waals surface area (Å²) >= 11 is 1.48. The number of rotatable bonds is 9. The van der Waals surface area contributed by atoms with E-state index in [2.05, 4.69) is 37.4 Å². The number of carbonyl (C=O) groups excluding carboxylic acids is 2. The molecular weight excluding hydrogens is 484 g/mol. The highest BCUT2D eigenvalue weighted by Gasteiger charge is 2.41. The normalized spacial score (nSPS) is 16.9. The molecule has 0 aromatic heterocycles. The third-order valence-electron chi connectivity index (χ3n) is 6.38. The molecule has 4 rings (SSSR count). The van der Waals surface area contributed by atoms with Gasteiger partial charge in [0.25, 0.3) is 0 Å². The van der Waals surface area contributed by atoms with Gasteiger partial charge in [0.2, 0.25) is 5.91 Å². The van der Waals surface area contributed by atoms with Crippen LogP contribution in [0.5, 0.6) is 0 Å². The molecule has 2 aromatic rings. The fourth-order valence-electron chi connectivity index (χ4n) is 4.50. The van der Waals surface area contributed by atoms with Crippen LogP contribution in [0.4, 0.5) is 0 Å². The molecule has 0 spiro atoms. The summed E-state index contributed by atoms with van der Waals surface area (Å²) < 4.78 is 5.79. The quantitative estimate of drug-likeness (QED) is 0.486. The van der Waals surface area contributed by atoms with E-state index in [1.54, 1.807) is 0 Å². The number of nitrogens with one attached hydrogen (secondary N) is 1. The minimum Gasteiger partial charge on any atom is -0.457 e. The van der Waals surface area contributed by atoms with Gasteiger partial charge in [0.15, 0.2) is 5.17 Å². The van der Waals surface area contributed by atoms with Crippen LogP contribution in [0.1, 0.15) is 41.6 Å². The van der Waals surface area contributed by atoms with Gasteiger partial charge in [-0.05, 0) is 57.0 Å². The van der Waals surface area contributed by atoms with Gasteiger partial charge in [-0.1, -0.05) is 65.9 Å². The molecule has 194 valence electrons. The SMILES string of the molecule is CC1=C(C(=O)OCc2ccccc2)[C@H](c2ccc(C)cc2C)N2C(CC(=O)NCCN(C)C)=CSC2=N1. The number of fused-ring (bicyclic) bond motifs is 1. The van der Waals surface area contributed by atoms with E-state index in [1.807, 2.05) is 66.6 Å². The van der Waals surface area contributed by atoms with Gasteiger partial charge in [-0.15, -0.1) is 0 Å². The lowest BCUT2D eigenvalue weighted by molar-refractivity contribution is -0.141. The Morgan fingerprint density at radius 2 is 1.86 bits per heavy atom. The Morgan fingerprint density at radius 3 is 2.57 bits per heavy atom. The standard InChI is InChI=1S/C29H34N4O3S/c1-19-11-12-24(20(2)15-19)27-26(28(35)36-17-22-9-7-6-8-10-22)21(3)31-29-33(27)23(18-37-29)16-25(34)30-13-14-32(4)5/h6-12,15,18,27H,13-14,16-17H2,1-5H3,(H,30,34)/t27-/m0/s1. The topological polar surface area (TPSA) is 74.2 Å². The Bertz CT molecular complexity index is 1270. The molecule has 0 saturated heterocycles. The number of carbonyl (C=O) groups is 2. The third-order valence-corrected chi connectivity index (χ3v) is 7.26. The van der Waals surface area contributed by atoms with Crippen LogP contribution in [0.25, 0.3) is 0 Å². The molecule has 2 aliphatic rings. The molecule has 0 saturated carbocycles. The van der Waals surface area contributed by atoms with Crippen LogP contribution in [0.3, 0.4) is 0 Å². The first-order chi connectivity index (χ1) is 17.7. The van der Waals surface area contributed by atoms with Crippen molar-refractivity contribution in [1.82, 2.24) is 15.1 Å². The zero-order valence-electron chi connectivity index (χ0n) is 22.1. The molecular formula is C29H34N4O3S. The Labute approximate surface area is 223 Å². The Balaban J connectivity index is 1.64. The molecule has 8 heteroatoms. The van der Waals surface area contributed by atoms with Gasteiger partial charge in [-0.25, -0.2) is 9.79 Å². The lowest BCUT2D eigenvalue weighted by Gasteiger charge is -2.37. The van der Waals surface area contributed by atoms with E-state index in [1.165, 1.54) is 11.8 Å². The van der Waals surface area contributed by atoms with Crippen molar-refractivity contribution in [3.8, 4) is 0 Å². The zero-order valence-corrected chi connectivity index (χ0v) is 22.9. The molecule has 0 aliphatic carbocycles. The second-order valence-electron chi connectivity index (χ2n) is 9.64. The van der Waals surface area contributed by atoms with Crippen molar-refractivity contribution in [2.24, 2.45) is 4.99 Å². The van der Waals surface area contributed by atoms with Crippen LogP contribution in [-0.2, 0) is 20.9 Å². The van der Waals surface area contributed by atoms with Crippen molar-refractivity contribution in [2.75, 3.05) is 27.2 Å². The van der Waals surface area contributed by atoms with E-state index in [-0.39, 0.29) is 18.9 Å². The smallest absolute Gasteiger partial charge is 0.338 e. The predicted octanol–water partition coefficient (Wildman–Crippen LogP) is 4.69. The van der Waals surface area contributed by atoms with Gasteiger partial charge >= 0.3 is 5.97 Å². The molecule has 0 fully saturated rings. The number of thioether (sulfide) groups is 1. The van der Waals surface area contributed by atoms with E-state index in [0.717, 1.165) is 39.7 Å². The van der Waals surface area contributed by atoms with Crippen molar-refractivity contribution < 1.29 is 14.3 Å². The third kappa shape index (κ3) is 6.32. The predicted molar refractivity (Wildman–Crippen MR) is 149 cm³/mol. The Morgan fingerprint density at radius 1 is 1.11 bits per heavy atom. The molecule has 1 amide bonds. The maximum Gasteiger partial charge on any atom is 0.338 e. The molecule has 2 aliphatic heterocycles. The highest BCUT2D eigenvalue weighted by molar-refractivity contribution is 8.16. The first-order valence-electron chi connectivity index (χ1n) is 12.4. The van der Waals surface area contributed by atoms with Crippen molar-refractivity contribution >= 4 is 28.8 Å². The number of benzene rings is 2. The number of allylic oxidation sites excluding steroid dienone is 1. The Kier molecular flexibility index (Phi) is 8.51. The summed E-state index contributed by atoms with van der Waals surface area (Å²) in [6.07, 6.45) is 0.201. The second-order valence-corrected chi connectivity index (χ2v) is 10.5. The molecule has 0 unspecified atom stereocenters. The van der Waals surface area contributed by atoms with E-state index in [9.17, 15) is 9.59 Å². The molecule has 0 radical (unpaired) electrons. The maximum atomic E-state index is 13.6. The van der Waals surface area contributed by atoms with E-state index >= 15 is 0 Å². The van der Waals surface area contributed by atoms with Crippen LogP contribution in [-0.4, -0.2) is 54.0 Å². The van der Waals surface area contributed by atoms with Gasteiger partial charge in [0.1, 0.15) is 6.61 Å².